The summed E-state index contributed by atoms with van der Waals surface area (Å²) in [5.41, 5.74) is 2.39. The van der Waals surface area contributed by atoms with E-state index in [0.29, 0.717) is 6.61 Å². The van der Waals surface area contributed by atoms with Gasteiger partial charge in [0.25, 0.3) is 0 Å². The van der Waals surface area contributed by atoms with E-state index in [2.05, 4.69) is 17.1 Å². The summed E-state index contributed by atoms with van der Waals surface area (Å²) < 4.78 is 5.39. The fourth-order valence-corrected chi connectivity index (χ4v) is 1.53. The van der Waals surface area contributed by atoms with E-state index in [1.165, 1.54) is 5.56 Å². The Kier molecular flexibility index (Phi) is 2.30. The van der Waals surface area contributed by atoms with Crippen molar-refractivity contribution in [2.45, 2.75) is 19.8 Å². The molecule has 1 aromatic carbocycles. The Morgan fingerprint density at radius 1 is 1.31 bits per heavy atom. The number of nitrogens with zero attached hydrogens (tertiary/aromatic N) is 1. The van der Waals surface area contributed by atoms with Gasteiger partial charge in [0, 0.05) is 6.42 Å². The van der Waals surface area contributed by atoms with E-state index in [4.69, 9.17) is 4.74 Å². The van der Waals surface area contributed by atoms with Crippen molar-refractivity contribution in [1.29, 1.82) is 0 Å². The van der Waals surface area contributed by atoms with E-state index in [-0.39, 0.29) is 0 Å². The summed E-state index contributed by atoms with van der Waals surface area (Å²) in [6.07, 6.45) is 1.99. The number of hydrogen-bond acceptors (Lipinski definition) is 2. The molecular formula is C11H13NO. The molecule has 2 nitrogen and oxygen atoms in total. The van der Waals surface area contributed by atoms with Crippen molar-refractivity contribution < 1.29 is 4.74 Å². The van der Waals surface area contributed by atoms with Gasteiger partial charge >= 0.3 is 0 Å². The maximum Gasteiger partial charge on any atom is 0.188 e. The Labute approximate surface area is 78.3 Å². The molecule has 1 aromatic rings. The van der Waals surface area contributed by atoms with E-state index < -0.39 is 0 Å². The largest absolute Gasteiger partial charge is 0.481 e. The van der Waals surface area contributed by atoms with Gasteiger partial charge in [0.05, 0.1) is 12.3 Å². The molecule has 2 heteroatoms. The van der Waals surface area contributed by atoms with E-state index in [1.807, 2.05) is 19.1 Å². The van der Waals surface area contributed by atoms with Gasteiger partial charge in [-0.15, -0.1) is 0 Å². The van der Waals surface area contributed by atoms with Gasteiger partial charge in [-0.1, -0.05) is 18.2 Å². The highest BCUT2D eigenvalue weighted by molar-refractivity contribution is 5.82. The van der Waals surface area contributed by atoms with Crippen LogP contribution in [0.15, 0.2) is 29.3 Å². The highest BCUT2D eigenvalue weighted by Crippen LogP contribution is 2.25. The van der Waals surface area contributed by atoms with E-state index in [9.17, 15) is 0 Å². The van der Waals surface area contributed by atoms with Gasteiger partial charge in [0.15, 0.2) is 5.90 Å². The molecule has 0 N–H and O–H groups in total. The number of aliphatic imine (C=N–C) groups is 1. The smallest absolute Gasteiger partial charge is 0.188 e. The quantitative estimate of drug-likeness (QED) is 0.643. The van der Waals surface area contributed by atoms with Crippen molar-refractivity contribution in [3.8, 4) is 0 Å². The second-order valence-corrected chi connectivity index (χ2v) is 3.07. The van der Waals surface area contributed by atoms with Crippen LogP contribution in [0.25, 0.3) is 0 Å². The Hall–Kier alpha value is -1.31. The molecule has 0 aliphatic carbocycles. The summed E-state index contributed by atoms with van der Waals surface area (Å²) in [5, 5.41) is 0. The average molecular weight is 175 g/mol. The molecular weight excluding hydrogens is 162 g/mol. The fourth-order valence-electron chi connectivity index (χ4n) is 1.53. The predicted molar refractivity (Wildman–Crippen MR) is 53.5 cm³/mol. The first-order chi connectivity index (χ1) is 6.40. The molecule has 0 fully saturated rings. The summed E-state index contributed by atoms with van der Waals surface area (Å²) in [4.78, 5) is 4.43. The highest BCUT2D eigenvalue weighted by atomic mass is 16.5. The monoisotopic (exact) mass is 175 g/mol. The van der Waals surface area contributed by atoms with Crippen LogP contribution < -0.4 is 0 Å². The summed E-state index contributed by atoms with van der Waals surface area (Å²) in [7, 11) is 0. The van der Waals surface area contributed by atoms with Crippen molar-refractivity contribution in [2.75, 3.05) is 6.61 Å². The second kappa shape index (κ2) is 3.60. The fraction of sp³-hybridized carbons (Fsp3) is 0.364. The van der Waals surface area contributed by atoms with Gasteiger partial charge in [-0.3, -0.25) is 0 Å². The molecule has 0 saturated heterocycles. The third-order valence-electron chi connectivity index (χ3n) is 2.16. The van der Waals surface area contributed by atoms with Crippen LogP contribution in [-0.2, 0) is 11.2 Å². The van der Waals surface area contributed by atoms with Crippen LogP contribution in [-0.4, -0.2) is 12.5 Å². The number of fused-ring (bicyclic) bond motifs is 1. The van der Waals surface area contributed by atoms with Gasteiger partial charge in [0.1, 0.15) is 0 Å². The molecule has 0 unspecified atom stereocenters. The van der Waals surface area contributed by atoms with E-state index in [1.54, 1.807) is 0 Å². The van der Waals surface area contributed by atoms with Crippen LogP contribution in [0.3, 0.4) is 0 Å². The molecule has 0 amide bonds. The van der Waals surface area contributed by atoms with Crippen molar-refractivity contribution >= 4 is 11.6 Å². The first-order valence-corrected chi connectivity index (χ1v) is 4.68. The summed E-state index contributed by atoms with van der Waals surface area (Å²) in [6, 6.07) is 8.23. The molecule has 1 aliphatic heterocycles. The normalized spacial score (nSPS) is 14.7. The molecule has 1 heterocycles. The SMILES string of the molecule is CCOC1=Nc2ccccc2CC1. The molecule has 68 valence electrons. The van der Waals surface area contributed by atoms with Crippen LogP contribution in [0.2, 0.25) is 0 Å². The van der Waals surface area contributed by atoms with Crippen LogP contribution in [0.5, 0.6) is 0 Å². The predicted octanol–water partition coefficient (Wildman–Crippen LogP) is 2.70. The van der Waals surface area contributed by atoms with Crippen molar-refractivity contribution in [2.24, 2.45) is 4.99 Å². The molecule has 0 saturated carbocycles. The molecule has 13 heavy (non-hydrogen) atoms. The van der Waals surface area contributed by atoms with Gasteiger partial charge in [0.2, 0.25) is 0 Å². The Morgan fingerprint density at radius 2 is 2.15 bits per heavy atom. The molecule has 1 aliphatic rings. The number of benzene rings is 1. The number of rotatable bonds is 1. The average Bonchev–Trinajstić information content (AvgIpc) is 2.18. The van der Waals surface area contributed by atoms with Gasteiger partial charge < -0.3 is 4.74 Å². The zero-order valence-corrected chi connectivity index (χ0v) is 7.79. The summed E-state index contributed by atoms with van der Waals surface area (Å²) in [6.45, 7) is 2.70. The molecule has 0 atom stereocenters. The zero-order valence-electron chi connectivity index (χ0n) is 7.79. The minimum Gasteiger partial charge on any atom is -0.481 e. The number of hydrogen-bond donors (Lipinski definition) is 0. The molecule has 0 aromatic heterocycles. The van der Waals surface area contributed by atoms with Gasteiger partial charge in [-0.05, 0) is 25.0 Å². The highest BCUT2D eigenvalue weighted by Gasteiger charge is 2.11. The summed E-state index contributed by atoms with van der Waals surface area (Å²) >= 11 is 0. The Balaban J connectivity index is 2.28. The lowest BCUT2D eigenvalue weighted by Crippen LogP contribution is -2.09. The maximum atomic E-state index is 5.39. The molecule has 0 radical (unpaired) electrons. The number of aryl methyl sites for hydroxylation is 1. The molecule has 0 bridgehead atoms. The topological polar surface area (TPSA) is 21.6 Å². The standard InChI is InChI=1S/C11H13NO/c1-2-13-11-8-7-9-5-3-4-6-10(9)12-11/h3-6H,2,7-8H2,1H3. The van der Waals surface area contributed by atoms with Crippen molar-refractivity contribution in [3.63, 3.8) is 0 Å². The Bertz CT molecular complexity index is 331. The second-order valence-electron chi connectivity index (χ2n) is 3.07. The van der Waals surface area contributed by atoms with Crippen molar-refractivity contribution in [3.05, 3.63) is 29.8 Å². The molecule has 0 spiro atoms. The van der Waals surface area contributed by atoms with Crippen LogP contribution in [0.4, 0.5) is 5.69 Å². The lowest BCUT2D eigenvalue weighted by Gasteiger charge is -2.14. The number of ether oxygens (including phenoxy) is 1. The molecule has 2 rings (SSSR count). The first-order valence-electron chi connectivity index (χ1n) is 4.68. The lowest BCUT2D eigenvalue weighted by atomic mass is 10.1. The van der Waals surface area contributed by atoms with Gasteiger partial charge in [-0.2, -0.15) is 0 Å². The Morgan fingerprint density at radius 3 is 3.00 bits per heavy atom. The van der Waals surface area contributed by atoms with Crippen molar-refractivity contribution in [1.82, 2.24) is 0 Å². The minimum absolute atomic E-state index is 0.709. The van der Waals surface area contributed by atoms with E-state index >= 15 is 0 Å². The zero-order chi connectivity index (χ0) is 9.10. The third kappa shape index (κ3) is 1.72. The van der Waals surface area contributed by atoms with Crippen LogP contribution >= 0.6 is 0 Å². The van der Waals surface area contributed by atoms with E-state index in [0.717, 1.165) is 24.4 Å². The number of para-hydroxylation sites is 1. The van der Waals surface area contributed by atoms with Crippen LogP contribution in [0, 0.1) is 0 Å². The van der Waals surface area contributed by atoms with Crippen LogP contribution in [0.1, 0.15) is 18.9 Å². The maximum absolute atomic E-state index is 5.39. The third-order valence-corrected chi connectivity index (χ3v) is 2.16. The summed E-state index contributed by atoms with van der Waals surface area (Å²) in [5.74, 6) is 0.876. The lowest BCUT2D eigenvalue weighted by molar-refractivity contribution is 0.316. The first kappa shape index (κ1) is 8.30. The van der Waals surface area contributed by atoms with Gasteiger partial charge in [-0.25, -0.2) is 4.99 Å². The minimum atomic E-state index is 0.709.